The standard InChI is InChI=1S/C64H92N8O12/c1-37(2)27-51-61(77)81-45(13)57(73)67(15)54(30-40(7)8)64(80)84-56(32-48-21-25-50(26-22-48)36-72-44(12)42(10)34-66-72)60(76)70(18)52(28-38(3)4)62(78)82-46(14)58(74)68(16)53(29-39(5)6)63(79)83-55(59(75)69(51)17)31-47-19-23-49(24-20-47)35-71-43(11)41(9)33-65-71/h19-26,33-34,37-40,45-46,51-56H,27-32,35-36H2,1-18H3/t45-,46-,51+,52+,53+,54+,55-,56-/m1/s1. The molecule has 5 rings (SSSR count). The zero-order chi connectivity index (χ0) is 62.6. The molecular weight excluding hydrogens is 1070 g/mol. The lowest BCUT2D eigenvalue weighted by atomic mass is 9.99. The summed E-state index contributed by atoms with van der Waals surface area (Å²) in [6.45, 7) is 26.5. The zero-order valence-corrected chi connectivity index (χ0v) is 52.8. The summed E-state index contributed by atoms with van der Waals surface area (Å²) in [6.07, 6.45) is -2.37. The van der Waals surface area contributed by atoms with Gasteiger partial charge in [-0.2, -0.15) is 10.2 Å². The number of amides is 4. The van der Waals surface area contributed by atoms with Gasteiger partial charge in [-0.1, -0.05) is 104 Å². The van der Waals surface area contributed by atoms with Crippen molar-refractivity contribution >= 4 is 47.5 Å². The first kappa shape index (κ1) is 67.4. The minimum atomic E-state index is -1.53. The molecule has 4 amide bonds. The molecule has 8 atom stereocenters. The number of benzene rings is 2. The number of hydrogen-bond donors (Lipinski definition) is 0. The summed E-state index contributed by atoms with van der Waals surface area (Å²) in [6, 6.07) is 9.70. The number of rotatable bonds is 16. The summed E-state index contributed by atoms with van der Waals surface area (Å²) < 4.78 is 28.1. The van der Waals surface area contributed by atoms with Crippen LogP contribution in [0.15, 0.2) is 60.9 Å². The normalized spacial score (nSPS) is 22.7. The Labute approximate surface area is 496 Å². The lowest BCUT2D eigenvalue weighted by molar-refractivity contribution is -0.176. The van der Waals surface area contributed by atoms with Crippen molar-refractivity contribution in [1.82, 2.24) is 39.2 Å². The topological polar surface area (TPSA) is 222 Å². The Hall–Kier alpha value is -7.38. The molecule has 1 fully saturated rings. The lowest BCUT2D eigenvalue weighted by Crippen LogP contribution is -2.55. The van der Waals surface area contributed by atoms with Gasteiger partial charge in [0.25, 0.3) is 23.6 Å². The van der Waals surface area contributed by atoms with Crippen molar-refractivity contribution < 1.29 is 57.3 Å². The van der Waals surface area contributed by atoms with Crippen molar-refractivity contribution in [2.24, 2.45) is 23.7 Å². The van der Waals surface area contributed by atoms with Crippen molar-refractivity contribution in [3.05, 3.63) is 106 Å². The van der Waals surface area contributed by atoms with E-state index in [-0.39, 0.29) is 62.2 Å². The fraction of sp³-hybridized carbons (Fsp3) is 0.594. The highest BCUT2D eigenvalue weighted by Crippen LogP contribution is 2.25. The summed E-state index contributed by atoms with van der Waals surface area (Å²) in [5.74, 6) is -7.41. The number of cyclic esters (lactones) is 4. The molecule has 0 saturated carbocycles. The Morgan fingerprint density at radius 3 is 0.893 bits per heavy atom. The first-order chi connectivity index (χ1) is 39.4. The maximum Gasteiger partial charge on any atom is 0.329 e. The van der Waals surface area contributed by atoms with Gasteiger partial charge in [0.2, 0.25) is 0 Å². The maximum atomic E-state index is 15.1. The predicted octanol–water partition coefficient (Wildman–Crippen LogP) is 7.39. The second kappa shape index (κ2) is 29.9. The van der Waals surface area contributed by atoms with Gasteiger partial charge in [0.15, 0.2) is 24.4 Å². The number of esters is 4. The lowest BCUT2D eigenvalue weighted by Gasteiger charge is -2.35. The molecule has 3 heterocycles. The highest BCUT2D eigenvalue weighted by atomic mass is 16.6. The van der Waals surface area contributed by atoms with Gasteiger partial charge in [0.1, 0.15) is 24.2 Å². The van der Waals surface area contributed by atoms with E-state index in [4.69, 9.17) is 18.9 Å². The summed E-state index contributed by atoms with van der Waals surface area (Å²) in [5, 5.41) is 8.96. The monoisotopic (exact) mass is 1160 g/mol. The molecule has 0 unspecified atom stereocenters. The van der Waals surface area contributed by atoms with E-state index in [1.807, 2.05) is 141 Å². The highest BCUT2D eigenvalue weighted by Gasteiger charge is 2.43. The Morgan fingerprint density at radius 1 is 0.393 bits per heavy atom. The molecule has 2 aromatic carbocycles. The quantitative estimate of drug-likeness (QED) is 0.0789. The Balaban J connectivity index is 1.59. The average molecular weight is 1170 g/mol. The van der Waals surface area contributed by atoms with Gasteiger partial charge in [-0.05, 0) is 124 Å². The van der Waals surface area contributed by atoms with Gasteiger partial charge >= 0.3 is 23.9 Å². The molecule has 84 heavy (non-hydrogen) atoms. The Kier molecular flexibility index (Phi) is 24.0. The molecule has 0 N–H and O–H groups in total. The molecule has 1 saturated heterocycles. The van der Waals surface area contributed by atoms with Crippen LogP contribution in [0.5, 0.6) is 0 Å². The number of carbonyl (C=O) groups excluding carboxylic acids is 8. The average Bonchev–Trinajstić information content (AvgIpc) is 4.11. The summed E-state index contributed by atoms with van der Waals surface area (Å²) in [4.78, 5) is 122. The number of aromatic nitrogens is 4. The van der Waals surface area contributed by atoms with Crippen LogP contribution in [0.2, 0.25) is 0 Å². The van der Waals surface area contributed by atoms with Gasteiger partial charge in [0.05, 0.1) is 25.5 Å². The van der Waals surface area contributed by atoms with Crippen molar-refractivity contribution in [2.75, 3.05) is 28.2 Å². The van der Waals surface area contributed by atoms with Crippen LogP contribution in [-0.4, -0.2) is 163 Å². The second-order valence-electron chi connectivity index (χ2n) is 24.6. The van der Waals surface area contributed by atoms with E-state index in [2.05, 4.69) is 10.2 Å². The van der Waals surface area contributed by atoms with E-state index < -0.39 is 96.1 Å². The van der Waals surface area contributed by atoms with Crippen LogP contribution in [0.25, 0.3) is 0 Å². The van der Waals surface area contributed by atoms with Crippen LogP contribution < -0.4 is 0 Å². The molecule has 2 aromatic heterocycles. The molecule has 0 radical (unpaired) electrons. The van der Waals surface area contributed by atoms with Crippen LogP contribution in [0.3, 0.4) is 0 Å². The summed E-state index contributed by atoms with van der Waals surface area (Å²) in [5.41, 5.74) is 7.23. The van der Waals surface area contributed by atoms with E-state index in [1.54, 1.807) is 12.4 Å². The fourth-order valence-electron chi connectivity index (χ4n) is 10.2. The number of ether oxygens (including phenoxy) is 4. The molecular formula is C64H92N8O12. The largest absolute Gasteiger partial charge is 0.451 e. The minimum absolute atomic E-state index is 0.0833. The molecule has 0 bridgehead atoms. The van der Waals surface area contributed by atoms with Gasteiger partial charge in [-0.3, -0.25) is 28.5 Å². The highest BCUT2D eigenvalue weighted by molar-refractivity contribution is 5.94. The molecule has 460 valence electrons. The summed E-state index contributed by atoms with van der Waals surface area (Å²) >= 11 is 0. The first-order valence-corrected chi connectivity index (χ1v) is 29.4. The van der Waals surface area contributed by atoms with E-state index >= 15 is 9.59 Å². The van der Waals surface area contributed by atoms with Gasteiger partial charge in [0, 0.05) is 52.4 Å². The molecule has 4 aromatic rings. The third-order valence-electron chi connectivity index (χ3n) is 15.7. The van der Waals surface area contributed by atoms with Crippen LogP contribution in [0.1, 0.15) is 140 Å². The molecule has 0 spiro atoms. The van der Waals surface area contributed by atoms with Crippen LogP contribution in [-0.2, 0) is 83.2 Å². The molecule has 20 heteroatoms. The van der Waals surface area contributed by atoms with Crippen LogP contribution >= 0.6 is 0 Å². The third kappa shape index (κ3) is 17.8. The number of likely N-dealkylation sites (N-methyl/N-ethyl adjacent to an activating group) is 4. The zero-order valence-electron chi connectivity index (χ0n) is 52.8. The first-order valence-electron chi connectivity index (χ1n) is 29.4. The smallest absolute Gasteiger partial charge is 0.329 e. The maximum absolute atomic E-state index is 15.1. The predicted molar refractivity (Wildman–Crippen MR) is 317 cm³/mol. The van der Waals surface area contributed by atoms with E-state index in [0.29, 0.717) is 24.2 Å². The summed E-state index contributed by atoms with van der Waals surface area (Å²) in [7, 11) is 5.59. The van der Waals surface area contributed by atoms with E-state index in [0.717, 1.165) is 43.4 Å². The second-order valence-corrected chi connectivity index (χ2v) is 24.6. The van der Waals surface area contributed by atoms with Crippen molar-refractivity contribution in [3.63, 3.8) is 0 Å². The van der Waals surface area contributed by atoms with Gasteiger partial charge in [-0.25, -0.2) is 19.2 Å². The Bertz CT molecular complexity index is 2720. The molecule has 20 nitrogen and oxygen atoms in total. The number of carbonyl (C=O) groups is 8. The minimum Gasteiger partial charge on any atom is -0.451 e. The molecule has 1 aliphatic rings. The van der Waals surface area contributed by atoms with E-state index in [1.165, 1.54) is 51.8 Å². The van der Waals surface area contributed by atoms with Gasteiger partial charge in [-0.15, -0.1) is 0 Å². The number of hydrogen-bond acceptors (Lipinski definition) is 14. The fourth-order valence-corrected chi connectivity index (χ4v) is 10.2. The number of aryl methyl sites for hydroxylation is 2. The van der Waals surface area contributed by atoms with Crippen molar-refractivity contribution in [1.29, 1.82) is 0 Å². The van der Waals surface area contributed by atoms with E-state index in [9.17, 15) is 28.8 Å². The van der Waals surface area contributed by atoms with Gasteiger partial charge < -0.3 is 38.5 Å². The molecule has 1 aliphatic heterocycles. The Morgan fingerprint density at radius 2 is 0.643 bits per heavy atom. The third-order valence-corrected chi connectivity index (χ3v) is 15.7. The van der Waals surface area contributed by atoms with Crippen LogP contribution in [0.4, 0.5) is 0 Å². The molecule has 0 aliphatic carbocycles. The number of nitrogens with zero attached hydrogens (tertiary/aromatic N) is 8. The van der Waals surface area contributed by atoms with Crippen LogP contribution in [0, 0.1) is 51.4 Å². The SMILES string of the molecule is Cc1cnn(Cc2ccc(C[C@H]3OC(=O)[C@H](CC(C)C)N(C)C(=O)[C@@H](C)OC(=O)[C@H](CC(C)C)N(C)C(=O)[C@@H](Cc4ccc(Cn5ncc(C)c5C)cc4)OC(=O)[C@H](CC(C)C)N(C)C(=O)[C@@H](C)OC(=O)[C@H](CC(C)C)N(C)C3=O)cc2)c1C. The van der Waals surface area contributed by atoms with Crippen molar-refractivity contribution in [3.8, 4) is 0 Å². The van der Waals surface area contributed by atoms with Crippen molar-refractivity contribution in [2.45, 2.75) is 197 Å².